The lowest BCUT2D eigenvalue weighted by atomic mass is 10.0. The van der Waals surface area contributed by atoms with Crippen molar-refractivity contribution >= 4 is 29.7 Å². The van der Waals surface area contributed by atoms with Crippen LogP contribution in [0.25, 0.3) is 0 Å². The average molecular weight is 258 g/mol. The molecule has 1 aliphatic heterocycles. The molecule has 1 aromatic rings. The Morgan fingerprint density at radius 1 is 1.38 bits per heavy atom. The van der Waals surface area contributed by atoms with Crippen molar-refractivity contribution in [3.05, 3.63) is 33.2 Å². The third-order valence-electron chi connectivity index (χ3n) is 2.52. The molecule has 88 valence electrons. The minimum absolute atomic E-state index is 0. The molecule has 0 aliphatic carbocycles. The van der Waals surface area contributed by atoms with Crippen molar-refractivity contribution in [2.24, 2.45) is 10.7 Å². The van der Waals surface area contributed by atoms with Gasteiger partial charge in [0.2, 0.25) is 0 Å². The molecule has 0 saturated carbocycles. The third kappa shape index (κ3) is 2.39. The molecule has 16 heavy (non-hydrogen) atoms. The molecule has 0 aromatic carbocycles. The zero-order chi connectivity index (χ0) is 11.0. The van der Waals surface area contributed by atoms with E-state index in [0.29, 0.717) is 5.96 Å². The SMILES string of the molecule is CC1=CNC(N)=NC1c1cc(C)sc1C.Cl. The van der Waals surface area contributed by atoms with E-state index >= 15 is 0 Å². The average Bonchev–Trinajstić information content (AvgIpc) is 2.50. The van der Waals surface area contributed by atoms with Crippen LogP contribution in [0.3, 0.4) is 0 Å². The molecule has 3 nitrogen and oxygen atoms in total. The maximum absolute atomic E-state index is 5.68. The molecule has 1 atom stereocenters. The van der Waals surface area contributed by atoms with Gasteiger partial charge in [-0.3, -0.25) is 0 Å². The van der Waals surface area contributed by atoms with E-state index < -0.39 is 0 Å². The summed E-state index contributed by atoms with van der Waals surface area (Å²) in [5.41, 5.74) is 8.15. The topological polar surface area (TPSA) is 50.4 Å². The summed E-state index contributed by atoms with van der Waals surface area (Å²) in [5, 5.41) is 2.93. The number of nitrogens with zero attached hydrogens (tertiary/aromatic N) is 1. The standard InChI is InChI=1S/C11H15N3S.ClH/c1-6-5-13-11(12)14-10(6)9-4-7(2)15-8(9)3;/h4-5,10H,1-3H3,(H3,12,13,14);1H. The Morgan fingerprint density at radius 2 is 2.06 bits per heavy atom. The van der Waals surface area contributed by atoms with Gasteiger partial charge in [0.15, 0.2) is 5.96 Å². The summed E-state index contributed by atoms with van der Waals surface area (Å²) in [7, 11) is 0. The highest BCUT2D eigenvalue weighted by molar-refractivity contribution is 7.12. The number of guanidine groups is 1. The van der Waals surface area contributed by atoms with Gasteiger partial charge in [-0.15, -0.1) is 23.7 Å². The molecular formula is C11H16ClN3S. The molecule has 0 saturated heterocycles. The van der Waals surface area contributed by atoms with Crippen LogP contribution in [0.1, 0.15) is 28.3 Å². The number of nitrogens with two attached hydrogens (primary N) is 1. The molecular weight excluding hydrogens is 242 g/mol. The fraction of sp³-hybridized carbons (Fsp3) is 0.364. The van der Waals surface area contributed by atoms with Gasteiger partial charge in [-0.1, -0.05) is 0 Å². The largest absolute Gasteiger partial charge is 0.370 e. The second-order valence-electron chi connectivity index (χ2n) is 3.82. The van der Waals surface area contributed by atoms with E-state index in [0.717, 1.165) is 0 Å². The molecule has 0 fully saturated rings. The Morgan fingerprint density at radius 3 is 2.62 bits per heavy atom. The Kier molecular flexibility index (Phi) is 3.99. The fourth-order valence-electron chi connectivity index (χ4n) is 1.78. The molecule has 2 rings (SSSR count). The van der Waals surface area contributed by atoms with Crippen LogP contribution in [0, 0.1) is 13.8 Å². The van der Waals surface area contributed by atoms with E-state index in [4.69, 9.17) is 5.73 Å². The smallest absolute Gasteiger partial charge is 0.193 e. The van der Waals surface area contributed by atoms with Crippen molar-refractivity contribution < 1.29 is 0 Å². The zero-order valence-corrected chi connectivity index (χ0v) is 11.2. The maximum Gasteiger partial charge on any atom is 0.193 e. The normalized spacial score (nSPS) is 19.3. The first kappa shape index (κ1) is 13.1. The number of halogens is 1. The Labute approximate surface area is 106 Å². The molecule has 2 heterocycles. The highest BCUT2D eigenvalue weighted by Crippen LogP contribution is 2.33. The first-order valence-electron chi connectivity index (χ1n) is 4.91. The van der Waals surface area contributed by atoms with Gasteiger partial charge in [-0.25, -0.2) is 4.99 Å². The number of thiophene rings is 1. The summed E-state index contributed by atoms with van der Waals surface area (Å²) in [6, 6.07) is 2.29. The van der Waals surface area contributed by atoms with Crippen LogP contribution in [0.5, 0.6) is 0 Å². The number of hydrogen-bond acceptors (Lipinski definition) is 4. The van der Waals surface area contributed by atoms with Crippen molar-refractivity contribution in [2.45, 2.75) is 26.8 Å². The predicted molar refractivity (Wildman–Crippen MR) is 72.3 cm³/mol. The summed E-state index contributed by atoms with van der Waals surface area (Å²) in [4.78, 5) is 7.07. The molecule has 0 spiro atoms. The van der Waals surface area contributed by atoms with E-state index in [1.807, 2.05) is 17.5 Å². The third-order valence-corrected chi connectivity index (χ3v) is 3.50. The van der Waals surface area contributed by atoms with E-state index in [1.54, 1.807) is 0 Å². The van der Waals surface area contributed by atoms with Crippen molar-refractivity contribution in [3.63, 3.8) is 0 Å². The second kappa shape index (κ2) is 4.89. The van der Waals surface area contributed by atoms with Crippen LogP contribution >= 0.6 is 23.7 Å². The number of aryl methyl sites for hydroxylation is 2. The minimum Gasteiger partial charge on any atom is -0.370 e. The molecule has 5 heteroatoms. The zero-order valence-electron chi connectivity index (χ0n) is 9.57. The highest BCUT2D eigenvalue weighted by atomic mass is 35.5. The maximum atomic E-state index is 5.68. The monoisotopic (exact) mass is 257 g/mol. The quantitative estimate of drug-likeness (QED) is 0.813. The van der Waals surface area contributed by atoms with Crippen LogP contribution in [0.2, 0.25) is 0 Å². The molecule has 1 aromatic heterocycles. The van der Waals surface area contributed by atoms with E-state index in [9.17, 15) is 0 Å². The number of rotatable bonds is 1. The lowest BCUT2D eigenvalue weighted by molar-refractivity contribution is 0.803. The molecule has 1 unspecified atom stereocenters. The Bertz CT molecular complexity index is 448. The molecule has 0 radical (unpaired) electrons. The van der Waals surface area contributed by atoms with Gasteiger partial charge in [-0.2, -0.15) is 0 Å². The van der Waals surface area contributed by atoms with Crippen LogP contribution in [-0.2, 0) is 0 Å². The minimum atomic E-state index is 0. The Hall–Kier alpha value is -1.00. The molecule has 3 N–H and O–H groups in total. The fourth-order valence-corrected chi connectivity index (χ4v) is 2.74. The lowest BCUT2D eigenvalue weighted by Gasteiger charge is -2.19. The molecule has 0 amide bonds. The molecule has 0 bridgehead atoms. The second-order valence-corrected chi connectivity index (χ2v) is 5.28. The predicted octanol–water partition coefficient (Wildman–Crippen LogP) is 2.65. The summed E-state index contributed by atoms with van der Waals surface area (Å²) < 4.78 is 0. The van der Waals surface area contributed by atoms with Gasteiger partial charge >= 0.3 is 0 Å². The first-order valence-corrected chi connectivity index (χ1v) is 5.73. The van der Waals surface area contributed by atoms with Gasteiger partial charge in [0.05, 0.1) is 0 Å². The van der Waals surface area contributed by atoms with Gasteiger partial charge in [-0.05, 0) is 38.0 Å². The number of nitrogens with one attached hydrogen (secondary N) is 1. The van der Waals surface area contributed by atoms with Crippen LogP contribution in [0.4, 0.5) is 0 Å². The van der Waals surface area contributed by atoms with E-state index in [2.05, 4.69) is 37.1 Å². The molecule has 1 aliphatic rings. The van der Waals surface area contributed by atoms with Gasteiger partial charge in [0.25, 0.3) is 0 Å². The van der Waals surface area contributed by atoms with Gasteiger partial charge < -0.3 is 11.1 Å². The Balaban J connectivity index is 0.00000128. The summed E-state index contributed by atoms with van der Waals surface area (Å²) in [5.74, 6) is 0.494. The summed E-state index contributed by atoms with van der Waals surface area (Å²) in [6.07, 6.45) is 1.93. The number of aliphatic imine (C=N–C) groups is 1. The van der Waals surface area contributed by atoms with Crippen molar-refractivity contribution in [2.75, 3.05) is 0 Å². The van der Waals surface area contributed by atoms with Crippen LogP contribution in [-0.4, -0.2) is 5.96 Å². The first-order chi connectivity index (χ1) is 7.08. The van der Waals surface area contributed by atoms with Crippen LogP contribution in [0.15, 0.2) is 22.8 Å². The van der Waals surface area contributed by atoms with Crippen molar-refractivity contribution in [1.82, 2.24) is 5.32 Å². The van der Waals surface area contributed by atoms with Gasteiger partial charge in [0.1, 0.15) is 6.04 Å². The summed E-state index contributed by atoms with van der Waals surface area (Å²) >= 11 is 1.81. The van der Waals surface area contributed by atoms with Gasteiger partial charge in [0, 0.05) is 16.0 Å². The summed E-state index contributed by atoms with van der Waals surface area (Å²) in [6.45, 7) is 6.32. The van der Waals surface area contributed by atoms with E-state index in [-0.39, 0.29) is 18.4 Å². The lowest BCUT2D eigenvalue weighted by Crippen LogP contribution is -2.31. The van der Waals surface area contributed by atoms with Crippen molar-refractivity contribution in [3.8, 4) is 0 Å². The van der Waals surface area contributed by atoms with Crippen molar-refractivity contribution in [1.29, 1.82) is 0 Å². The van der Waals surface area contributed by atoms with Crippen LogP contribution < -0.4 is 11.1 Å². The number of hydrogen-bond donors (Lipinski definition) is 2. The highest BCUT2D eigenvalue weighted by Gasteiger charge is 2.19. The van der Waals surface area contributed by atoms with E-state index in [1.165, 1.54) is 20.9 Å².